The molecule has 1 aromatic rings. The monoisotopic (exact) mass is 247 g/mol. The minimum atomic E-state index is 0.0935. The van der Waals surface area contributed by atoms with Gasteiger partial charge in [0.25, 0.3) is 0 Å². The number of pyridine rings is 1. The van der Waals surface area contributed by atoms with Crippen LogP contribution in [-0.2, 0) is 11.2 Å². The van der Waals surface area contributed by atoms with Gasteiger partial charge in [0.2, 0.25) is 5.91 Å². The number of nitrogens with one attached hydrogen (secondary N) is 2. The van der Waals surface area contributed by atoms with Gasteiger partial charge in [0.1, 0.15) is 0 Å². The smallest absolute Gasteiger partial charge is 0.233 e. The van der Waals surface area contributed by atoms with Crippen LogP contribution in [0.15, 0.2) is 24.5 Å². The van der Waals surface area contributed by atoms with Gasteiger partial charge in [-0.05, 0) is 37.0 Å². The molecule has 1 aliphatic carbocycles. The summed E-state index contributed by atoms with van der Waals surface area (Å²) in [5, 5.41) is 6.24. The van der Waals surface area contributed by atoms with E-state index in [1.807, 2.05) is 12.1 Å². The van der Waals surface area contributed by atoms with Crippen LogP contribution >= 0.6 is 0 Å². The Hall–Kier alpha value is -1.42. The lowest BCUT2D eigenvalue weighted by Crippen LogP contribution is -2.38. The van der Waals surface area contributed by atoms with E-state index in [9.17, 15) is 4.79 Å². The van der Waals surface area contributed by atoms with E-state index in [2.05, 4.69) is 15.6 Å². The molecule has 0 unspecified atom stereocenters. The molecule has 2 N–H and O–H groups in total. The summed E-state index contributed by atoms with van der Waals surface area (Å²) in [7, 11) is 0. The summed E-state index contributed by atoms with van der Waals surface area (Å²) in [4.78, 5) is 15.6. The number of carbonyl (C=O) groups excluding carboxylic acids is 1. The number of amides is 1. The molecule has 1 aliphatic rings. The number of nitrogens with zero attached hydrogens (tertiary/aromatic N) is 1. The Labute approximate surface area is 108 Å². The summed E-state index contributed by atoms with van der Waals surface area (Å²) < 4.78 is 0. The molecule has 0 saturated heterocycles. The first-order valence-electron chi connectivity index (χ1n) is 6.73. The van der Waals surface area contributed by atoms with Crippen LogP contribution in [0, 0.1) is 0 Å². The highest BCUT2D eigenvalue weighted by molar-refractivity contribution is 5.78. The van der Waals surface area contributed by atoms with Crippen LogP contribution in [0.1, 0.15) is 31.2 Å². The second-order valence-corrected chi connectivity index (χ2v) is 4.82. The molecule has 2 rings (SSSR count). The fraction of sp³-hybridized carbons (Fsp3) is 0.571. The first-order valence-corrected chi connectivity index (χ1v) is 6.73. The van der Waals surface area contributed by atoms with Crippen molar-refractivity contribution >= 4 is 5.91 Å². The summed E-state index contributed by atoms with van der Waals surface area (Å²) in [6, 6.07) is 4.50. The fourth-order valence-electron chi connectivity index (χ4n) is 2.33. The lowest BCUT2D eigenvalue weighted by Gasteiger charge is -2.11. The minimum Gasteiger partial charge on any atom is -0.355 e. The van der Waals surface area contributed by atoms with Crippen molar-refractivity contribution in [2.45, 2.75) is 38.1 Å². The zero-order chi connectivity index (χ0) is 12.6. The van der Waals surface area contributed by atoms with E-state index in [1.54, 1.807) is 12.4 Å². The van der Waals surface area contributed by atoms with Crippen molar-refractivity contribution in [1.82, 2.24) is 15.6 Å². The van der Waals surface area contributed by atoms with Crippen LogP contribution in [0.4, 0.5) is 0 Å². The second-order valence-electron chi connectivity index (χ2n) is 4.82. The average molecular weight is 247 g/mol. The number of hydrogen-bond acceptors (Lipinski definition) is 3. The van der Waals surface area contributed by atoms with Crippen molar-refractivity contribution in [3.05, 3.63) is 30.1 Å². The molecule has 1 amide bonds. The maximum atomic E-state index is 11.6. The van der Waals surface area contributed by atoms with Crippen LogP contribution in [0.2, 0.25) is 0 Å². The van der Waals surface area contributed by atoms with Gasteiger partial charge in [-0.15, -0.1) is 0 Å². The van der Waals surface area contributed by atoms with Gasteiger partial charge in [-0.1, -0.05) is 12.8 Å². The van der Waals surface area contributed by atoms with Gasteiger partial charge in [0.05, 0.1) is 6.54 Å². The Balaban J connectivity index is 1.57. The van der Waals surface area contributed by atoms with Crippen molar-refractivity contribution in [2.75, 3.05) is 13.1 Å². The normalized spacial score (nSPS) is 15.8. The second kappa shape index (κ2) is 7.11. The number of hydrogen-bond donors (Lipinski definition) is 2. The SMILES string of the molecule is O=C(CNC1CCCC1)NCCc1ccncc1. The zero-order valence-corrected chi connectivity index (χ0v) is 10.7. The lowest BCUT2D eigenvalue weighted by molar-refractivity contribution is -0.120. The zero-order valence-electron chi connectivity index (χ0n) is 10.7. The molecule has 0 aliphatic heterocycles. The van der Waals surface area contributed by atoms with Gasteiger partial charge >= 0.3 is 0 Å². The highest BCUT2D eigenvalue weighted by Gasteiger charge is 2.14. The summed E-state index contributed by atoms with van der Waals surface area (Å²) in [5.74, 6) is 0.0935. The summed E-state index contributed by atoms with van der Waals surface area (Å²) in [5.41, 5.74) is 1.20. The van der Waals surface area contributed by atoms with E-state index in [0.717, 1.165) is 6.42 Å². The summed E-state index contributed by atoms with van der Waals surface area (Å²) in [6.07, 6.45) is 9.42. The van der Waals surface area contributed by atoms with E-state index in [4.69, 9.17) is 0 Å². The highest BCUT2D eigenvalue weighted by Crippen LogP contribution is 2.17. The molecular weight excluding hydrogens is 226 g/mol. The minimum absolute atomic E-state index is 0.0935. The number of rotatable bonds is 6. The van der Waals surface area contributed by atoms with E-state index in [1.165, 1.54) is 31.2 Å². The summed E-state index contributed by atoms with van der Waals surface area (Å²) in [6.45, 7) is 1.14. The van der Waals surface area contributed by atoms with Gasteiger partial charge in [-0.3, -0.25) is 9.78 Å². The Morgan fingerprint density at radius 3 is 2.72 bits per heavy atom. The molecule has 1 heterocycles. The topological polar surface area (TPSA) is 54.0 Å². The Bertz CT molecular complexity index is 361. The van der Waals surface area contributed by atoms with Crippen molar-refractivity contribution in [1.29, 1.82) is 0 Å². The molecule has 4 nitrogen and oxygen atoms in total. The van der Waals surface area contributed by atoms with E-state index < -0.39 is 0 Å². The van der Waals surface area contributed by atoms with Crippen LogP contribution in [0.25, 0.3) is 0 Å². The van der Waals surface area contributed by atoms with Crippen molar-refractivity contribution in [3.63, 3.8) is 0 Å². The third kappa shape index (κ3) is 4.45. The largest absolute Gasteiger partial charge is 0.355 e. The van der Waals surface area contributed by atoms with Crippen molar-refractivity contribution in [3.8, 4) is 0 Å². The molecule has 0 aromatic carbocycles. The molecule has 1 fully saturated rings. The average Bonchev–Trinajstić information content (AvgIpc) is 2.91. The van der Waals surface area contributed by atoms with Gasteiger partial charge in [-0.2, -0.15) is 0 Å². The maximum Gasteiger partial charge on any atom is 0.233 e. The molecular formula is C14H21N3O. The van der Waals surface area contributed by atoms with Crippen LogP contribution in [-0.4, -0.2) is 30.0 Å². The molecule has 4 heteroatoms. The Kier molecular flexibility index (Phi) is 5.15. The summed E-state index contributed by atoms with van der Waals surface area (Å²) >= 11 is 0. The van der Waals surface area contributed by atoms with Gasteiger partial charge < -0.3 is 10.6 Å². The standard InChI is InChI=1S/C14H21N3O/c18-14(11-17-13-3-1-2-4-13)16-10-7-12-5-8-15-9-6-12/h5-6,8-9,13,17H,1-4,7,10-11H2,(H,16,18). The quantitative estimate of drug-likeness (QED) is 0.796. The number of aromatic nitrogens is 1. The van der Waals surface area contributed by atoms with Gasteiger partial charge in [0, 0.05) is 25.0 Å². The van der Waals surface area contributed by atoms with Crippen LogP contribution in [0.5, 0.6) is 0 Å². The predicted octanol–water partition coefficient (Wildman–Crippen LogP) is 1.27. The predicted molar refractivity (Wildman–Crippen MR) is 71.2 cm³/mol. The maximum absolute atomic E-state index is 11.6. The molecule has 98 valence electrons. The Morgan fingerprint density at radius 2 is 2.00 bits per heavy atom. The van der Waals surface area contributed by atoms with Gasteiger partial charge in [-0.25, -0.2) is 0 Å². The molecule has 18 heavy (non-hydrogen) atoms. The molecule has 0 atom stereocenters. The number of carbonyl (C=O) groups is 1. The first-order chi connectivity index (χ1) is 8.84. The molecule has 1 aromatic heterocycles. The fourth-order valence-corrected chi connectivity index (χ4v) is 2.33. The molecule has 1 saturated carbocycles. The van der Waals surface area contributed by atoms with Crippen molar-refractivity contribution < 1.29 is 4.79 Å². The van der Waals surface area contributed by atoms with Gasteiger partial charge in [0.15, 0.2) is 0 Å². The van der Waals surface area contributed by atoms with E-state index >= 15 is 0 Å². The lowest BCUT2D eigenvalue weighted by atomic mass is 10.2. The van der Waals surface area contributed by atoms with Crippen LogP contribution < -0.4 is 10.6 Å². The third-order valence-electron chi connectivity index (χ3n) is 3.39. The van der Waals surface area contributed by atoms with Crippen molar-refractivity contribution in [2.24, 2.45) is 0 Å². The van der Waals surface area contributed by atoms with Crippen LogP contribution in [0.3, 0.4) is 0 Å². The van der Waals surface area contributed by atoms with E-state index in [-0.39, 0.29) is 5.91 Å². The Morgan fingerprint density at radius 1 is 1.28 bits per heavy atom. The molecule has 0 bridgehead atoms. The highest BCUT2D eigenvalue weighted by atomic mass is 16.1. The third-order valence-corrected chi connectivity index (χ3v) is 3.39. The molecule has 0 radical (unpaired) electrons. The van der Waals surface area contributed by atoms with E-state index in [0.29, 0.717) is 19.1 Å². The first kappa shape index (κ1) is 13.0. The molecule has 0 spiro atoms.